The second-order valence-electron chi connectivity index (χ2n) is 6.93. The largest absolute Gasteiger partial charge is 0.462 e. The van der Waals surface area contributed by atoms with Crippen LogP contribution >= 0.6 is 23.1 Å². The van der Waals surface area contributed by atoms with E-state index >= 15 is 0 Å². The molecule has 0 atom stereocenters. The monoisotopic (exact) mass is 444 g/mol. The molecule has 158 valence electrons. The molecule has 0 bridgehead atoms. The fraction of sp³-hybridized carbons (Fsp3) is 0.333. The van der Waals surface area contributed by atoms with Crippen LogP contribution in [0.4, 0.5) is 5.00 Å². The van der Waals surface area contributed by atoms with Gasteiger partial charge in [0.15, 0.2) is 0 Å². The van der Waals surface area contributed by atoms with Crippen LogP contribution in [0, 0.1) is 6.92 Å². The van der Waals surface area contributed by atoms with Gasteiger partial charge in [0.1, 0.15) is 16.4 Å². The number of esters is 1. The molecule has 2 N–H and O–H groups in total. The van der Waals surface area contributed by atoms with Crippen molar-refractivity contribution in [1.29, 1.82) is 0 Å². The number of hydrogen-bond acceptors (Lipinski definition) is 7. The van der Waals surface area contributed by atoms with Crippen molar-refractivity contribution in [2.45, 2.75) is 38.8 Å². The number of nitrogens with zero attached hydrogens (tertiary/aromatic N) is 2. The number of aromatic amines is 1. The molecule has 2 heterocycles. The van der Waals surface area contributed by atoms with Gasteiger partial charge in [-0.25, -0.2) is 9.78 Å². The Kier molecular flexibility index (Phi) is 7.28. The molecule has 7 nitrogen and oxygen atoms in total. The maximum Gasteiger partial charge on any atom is 0.341 e. The molecule has 0 aliphatic rings. The minimum atomic E-state index is -0.451. The lowest BCUT2D eigenvalue weighted by Crippen LogP contribution is -2.16. The Bertz CT molecular complexity index is 1030. The smallest absolute Gasteiger partial charge is 0.341 e. The van der Waals surface area contributed by atoms with Crippen LogP contribution in [0.25, 0.3) is 11.1 Å². The van der Waals surface area contributed by atoms with Crippen molar-refractivity contribution in [3.63, 3.8) is 0 Å². The fourth-order valence-electron chi connectivity index (χ4n) is 2.68. The number of aromatic nitrogens is 3. The third kappa shape index (κ3) is 5.28. The minimum Gasteiger partial charge on any atom is -0.462 e. The number of amides is 1. The molecule has 3 aromatic rings. The highest BCUT2D eigenvalue weighted by molar-refractivity contribution is 7.99. The molecule has 0 fully saturated rings. The Hall–Kier alpha value is -2.65. The maximum atomic E-state index is 12.6. The van der Waals surface area contributed by atoms with Gasteiger partial charge >= 0.3 is 5.97 Å². The number of H-pyrrole nitrogens is 1. The second-order valence-corrected chi connectivity index (χ2v) is 8.76. The van der Waals surface area contributed by atoms with Crippen LogP contribution in [0.15, 0.2) is 34.8 Å². The average molecular weight is 445 g/mol. The molecule has 0 saturated heterocycles. The number of benzene rings is 1. The van der Waals surface area contributed by atoms with Gasteiger partial charge in [0.25, 0.3) is 0 Å². The summed E-state index contributed by atoms with van der Waals surface area (Å²) in [6, 6.07) is 7.88. The van der Waals surface area contributed by atoms with Crippen molar-refractivity contribution in [1.82, 2.24) is 15.2 Å². The van der Waals surface area contributed by atoms with E-state index < -0.39 is 5.97 Å². The van der Waals surface area contributed by atoms with E-state index in [1.165, 1.54) is 23.1 Å². The van der Waals surface area contributed by atoms with Gasteiger partial charge in [-0.1, -0.05) is 55.4 Å². The predicted molar refractivity (Wildman–Crippen MR) is 120 cm³/mol. The van der Waals surface area contributed by atoms with E-state index in [0.29, 0.717) is 15.7 Å². The van der Waals surface area contributed by atoms with Crippen molar-refractivity contribution < 1.29 is 14.3 Å². The van der Waals surface area contributed by atoms with Crippen molar-refractivity contribution in [3.8, 4) is 11.1 Å². The molecule has 0 saturated carbocycles. The molecular weight excluding hydrogens is 420 g/mol. The van der Waals surface area contributed by atoms with Crippen LogP contribution in [-0.4, -0.2) is 39.4 Å². The van der Waals surface area contributed by atoms with Crippen molar-refractivity contribution in [2.24, 2.45) is 0 Å². The number of hydrogen-bond donors (Lipinski definition) is 2. The first-order valence-electron chi connectivity index (χ1n) is 9.59. The Morgan fingerprint density at radius 2 is 2.00 bits per heavy atom. The molecule has 0 aliphatic carbocycles. The summed E-state index contributed by atoms with van der Waals surface area (Å²) in [5.74, 6) is 0.462. The standard InChI is InChI=1S/C21H24N4O3S2/c1-5-28-20(27)17-15(14-8-6-13(4)7-9-14)10-29-19(17)22-16(26)11-30-21-23-18(12(2)3)24-25-21/h6-10,12H,5,11H2,1-4H3,(H,22,26)(H,23,24,25). The van der Waals surface area contributed by atoms with E-state index in [0.717, 1.165) is 22.5 Å². The molecule has 1 amide bonds. The summed E-state index contributed by atoms with van der Waals surface area (Å²) in [7, 11) is 0. The van der Waals surface area contributed by atoms with E-state index in [1.807, 2.05) is 50.4 Å². The third-order valence-electron chi connectivity index (χ3n) is 4.25. The molecule has 2 aromatic heterocycles. The van der Waals surface area contributed by atoms with Crippen molar-refractivity contribution in [2.75, 3.05) is 17.7 Å². The lowest BCUT2D eigenvalue weighted by molar-refractivity contribution is -0.113. The number of anilines is 1. The molecule has 3 rings (SSSR count). The van der Waals surface area contributed by atoms with Gasteiger partial charge in [-0.2, -0.15) is 0 Å². The predicted octanol–water partition coefficient (Wildman–Crippen LogP) is 4.87. The highest BCUT2D eigenvalue weighted by Gasteiger charge is 2.23. The number of rotatable bonds is 8. The highest BCUT2D eigenvalue weighted by atomic mass is 32.2. The Balaban J connectivity index is 1.76. The van der Waals surface area contributed by atoms with Gasteiger partial charge in [0, 0.05) is 16.9 Å². The average Bonchev–Trinajstić information content (AvgIpc) is 3.34. The zero-order chi connectivity index (χ0) is 21.7. The summed E-state index contributed by atoms with van der Waals surface area (Å²) in [4.78, 5) is 29.5. The summed E-state index contributed by atoms with van der Waals surface area (Å²) in [6.07, 6.45) is 0. The summed E-state index contributed by atoms with van der Waals surface area (Å²) in [5.41, 5.74) is 3.16. The molecule has 0 aliphatic heterocycles. The summed E-state index contributed by atoms with van der Waals surface area (Å²) in [5, 5.41) is 12.7. The molecule has 0 radical (unpaired) electrons. The Morgan fingerprint density at radius 3 is 2.63 bits per heavy atom. The van der Waals surface area contributed by atoms with E-state index in [1.54, 1.807) is 6.92 Å². The number of carbonyl (C=O) groups is 2. The van der Waals surface area contributed by atoms with Gasteiger partial charge in [-0.15, -0.1) is 16.4 Å². The van der Waals surface area contributed by atoms with Crippen LogP contribution in [0.2, 0.25) is 0 Å². The number of ether oxygens (including phenoxy) is 1. The number of thiophene rings is 1. The molecule has 0 unspecified atom stereocenters. The first-order valence-corrected chi connectivity index (χ1v) is 11.5. The van der Waals surface area contributed by atoms with Gasteiger partial charge in [0.2, 0.25) is 11.1 Å². The van der Waals surface area contributed by atoms with E-state index in [2.05, 4.69) is 20.5 Å². The Morgan fingerprint density at radius 1 is 1.27 bits per heavy atom. The lowest BCUT2D eigenvalue weighted by atomic mass is 10.0. The zero-order valence-corrected chi connectivity index (χ0v) is 18.9. The quantitative estimate of drug-likeness (QED) is 0.380. The minimum absolute atomic E-state index is 0.134. The second kappa shape index (κ2) is 9.90. The lowest BCUT2D eigenvalue weighted by Gasteiger charge is -2.09. The highest BCUT2D eigenvalue weighted by Crippen LogP contribution is 2.36. The molecule has 1 aromatic carbocycles. The Labute approximate surface area is 183 Å². The van der Waals surface area contributed by atoms with Crippen molar-refractivity contribution >= 4 is 40.0 Å². The first kappa shape index (κ1) is 22.0. The first-order chi connectivity index (χ1) is 14.4. The van der Waals surface area contributed by atoms with Gasteiger partial charge < -0.3 is 10.1 Å². The summed E-state index contributed by atoms with van der Waals surface area (Å²) in [6.45, 7) is 8.05. The normalized spacial score (nSPS) is 11.0. The number of aryl methyl sites for hydroxylation is 1. The maximum absolute atomic E-state index is 12.6. The van der Waals surface area contributed by atoms with E-state index in [9.17, 15) is 9.59 Å². The number of carbonyl (C=O) groups excluding carboxylic acids is 2. The fourth-order valence-corrected chi connectivity index (χ4v) is 4.25. The van der Waals surface area contributed by atoms with Crippen molar-refractivity contribution in [3.05, 3.63) is 46.6 Å². The molecule has 0 spiro atoms. The molecule has 9 heteroatoms. The SMILES string of the molecule is CCOC(=O)c1c(-c2ccc(C)cc2)csc1NC(=O)CSc1n[nH]c(C(C)C)n1. The topological polar surface area (TPSA) is 97.0 Å². The van der Waals surface area contributed by atoms with Gasteiger partial charge in [-0.3, -0.25) is 9.89 Å². The van der Waals surface area contributed by atoms with Crippen LogP contribution < -0.4 is 5.32 Å². The van der Waals surface area contributed by atoms with E-state index in [-0.39, 0.29) is 24.2 Å². The molecular formula is C21H24N4O3S2. The molecule has 30 heavy (non-hydrogen) atoms. The van der Waals surface area contributed by atoms with Crippen LogP contribution in [0.3, 0.4) is 0 Å². The zero-order valence-electron chi connectivity index (χ0n) is 17.3. The van der Waals surface area contributed by atoms with Gasteiger partial charge in [0.05, 0.1) is 12.4 Å². The summed E-state index contributed by atoms with van der Waals surface area (Å²) >= 11 is 2.55. The van der Waals surface area contributed by atoms with E-state index in [4.69, 9.17) is 4.74 Å². The summed E-state index contributed by atoms with van der Waals surface area (Å²) < 4.78 is 5.24. The number of nitrogens with one attached hydrogen (secondary N) is 2. The van der Waals surface area contributed by atoms with Crippen LogP contribution in [0.1, 0.15) is 48.4 Å². The van der Waals surface area contributed by atoms with Crippen LogP contribution in [-0.2, 0) is 9.53 Å². The van der Waals surface area contributed by atoms with Crippen LogP contribution in [0.5, 0.6) is 0 Å². The van der Waals surface area contributed by atoms with Gasteiger partial charge in [-0.05, 0) is 19.4 Å². The third-order valence-corrected chi connectivity index (χ3v) is 5.99. The number of thioether (sulfide) groups is 1.